The zero-order chi connectivity index (χ0) is 17.6. The summed E-state index contributed by atoms with van der Waals surface area (Å²) in [6.45, 7) is 1.53. The third-order valence-electron chi connectivity index (χ3n) is 3.78. The van der Waals surface area contributed by atoms with Gasteiger partial charge in [-0.1, -0.05) is 41.7 Å². The maximum atomic E-state index is 13.0. The van der Waals surface area contributed by atoms with Crippen molar-refractivity contribution in [2.24, 2.45) is 0 Å². The second-order valence-electron chi connectivity index (χ2n) is 5.49. The maximum Gasteiger partial charge on any atom is 0.280 e. The lowest BCUT2D eigenvalue weighted by atomic mass is 10.3. The summed E-state index contributed by atoms with van der Waals surface area (Å²) < 4.78 is 30.2. The summed E-state index contributed by atoms with van der Waals surface area (Å²) in [4.78, 5) is 17.5. The van der Waals surface area contributed by atoms with Crippen molar-refractivity contribution in [2.45, 2.75) is 11.8 Å². The molecule has 2 aromatic heterocycles. The number of nitrogens with zero attached hydrogens (tertiary/aromatic N) is 2. The van der Waals surface area contributed by atoms with Crippen LogP contribution in [0, 0.1) is 6.92 Å². The first-order chi connectivity index (χ1) is 12.0. The Morgan fingerprint density at radius 3 is 2.48 bits per heavy atom. The van der Waals surface area contributed by atoms with Gasteiger partial charge in [0.25, 0.3) is 15.6 Å². The molecular formula is C17H13N3O3S2. The Kier molecular flexibility index (Phi) is 3.59. The molecule has 0 fully saturated rings. The molecule has 0 aliphatic carbocycles. The minimum atomic E-state index is -4.05. The Labute approximate surface area is 147 Å². The van der Waals surface area contributed by atoms with E-state index in [9.17, 15) is 13.2 Å². The van der Waals surface area contributed by atoms with Crippen molar-refractivity contribution in [1.29, 1.82) is 0 Å². The van der Waals surface area contributed by atoms with Crippen LogP contribution >= 0.6 is 11.3 Å². The number of benzene rings is 2. The van der Waals surface area contributed by atoms with Gasteiger partial charge in [0, 0.05) is 5.69 Å². The number of fused-ring (bicyclic) bond motifs is 3. The summed E-state index contributed by atoms with van der Waals surface area (Å²) in [5.74, 6) is 0. The molecule has 0 saturated heterocycles. The van der Waals surface area contributed by atoms with Crippen molar-refractivity contribution >= 4 is 42.2 Å². The molecule has 6 nitrogen and oxygen atoms in total. The van der Waals surface area contributed by atoms with Crippen LogP contribution in [0.25, 0.3) is 15.2 Å². The van der Waals surface area contributed by atoms with E-state index in [1.807, 2.05) is 12.1 Å². The van der Waals surface area contributed by atoms with Crippen molar-refractivity contribution in [3.8, 4) is 0 Å². The van der Waals surface area contributed by atoms with Crippen LogP contribution in [0.1, 0.15) is 5.69 Å². The summed E-state index contributed by atoms with van der Waals surface area (Å²) in [6, 6.07) is 15.8. The predicted octanol–water partition coefficient (Wildman–Crippen LogP) is 3.02. The van der Waals surface area contributed by atoms with Gasteiger partial charge >= 0.3 is 0 Å². The van der Waals surface area contributed by atoms with Gasteiger partial charge in [0.05, 0.1) is 15.9 Å². The lowest BCUT2D eigenvalue weighted by Gasteiger charge is -2.09. The Morgan fingerprint density at radius 1 is 1.04 bits per heavy atom. The molecule has 1 N–H and O–H groups in total. The number of sulfonamides is 1. The van der Waals surface area contributed by atoms with E-state index in [0.29, 0.717) is 16.2 Å². The molecule has 0 bridgehead atoms. The largest absolute Gasteiger partial charge is 0.280 e. The van der Waals surface area contributed by atoms with Gasteiger partial charge in [-0.2, -0.15) is 0 Å². The molecule has 2 aromatic carbocycles. The minimum absolute atomic E-state index is 0.181. The first-order valence-corrected chi connectivity index (χ1v) is 9.76. The molecule has 4 aromatic rings. The molecule has 25 heavy (non-hydrogen) atoms. The van der Waals surface area contributed by atoms with Crippen molar-refractivity contribution in [3.05, 3.63) is 70.6 Å². The van der Waals surface area contributed by atoms with E-state index >= 15 is 0 Å². The van der Waals surface area contributed by atoms with Crippen LogP contribution in [-0.2, 0) is 10.0 Å². The van der Waals surface area contributed by atoms with Crippen LogP contribution in [0.15, 0.2) is 64.3 Å². The van der Waals surface area contributed by atoms with E-state index in [1.54, 1.807) is 42.5 Å². The topological polar surface area (TPSA) is 80.5 Å². The van der Waals surface area contributed by atoms with Crippen molar-refractivity contribution in [3.63, 3.8) is 0 Å². The molecule has 0 atom stereocenters. The van der Waals surface area contributed by atoms with Gasteiger partial charge < -0.3 is 0 Å². The minimum Gasteiger partial charge on any atom is -0.279 e. The smallest absolute Gasteiger partial charge is 0.279 e. The highest BCUT2D eigenvalue weighted by Crippen LogP contribution is 2.25. The second-order valence-corrected chi connectivity index (χ2v) is 8.12. The van der Waals surface area contributed by atoms with Gasteiger partial charge in [0.15, 0.2) is 9.86 Å². The lowest BCUT2D eigenvalue weighted by molar-refractivity contribution is 0.598. The summed E-state index contributed by atoms with van der Waals surface area (Å²) in [5.41, 5.74) is 0.626. The fourth-order valence-corrected chi connectivity index (χ4v) is 5.08. The maximum absolute atomic E-state index is 13.0. The van der Waals surface area contributed by atoms with Crippen LogP contribution in [0.5, 0.6) is 0 Å². The SMILES string of the molecule is Cc1nc2sc3ccccc3n2c(=O)c1S(=O)(=O)Nc1ccccc1. The average Bonchev–Trinajstić information content (AvgIpc) is 2.93. The van der Waals surface area contributed by atoms with Crippen LogP contribution in [0.2, 0.25) is 0 Å². The van der Waals surface area contributed by atoms with Crippen LogP contribution in [0.3, 0.4) is 0 Å². The number of hydrogen-bond donors (Lipinski definition) is 1. The van der Waals surface area contributed by atoms with E-state index in [4.69, 9.17) is 0 Å². The third kappa shape index (κ3) is 2.59. The number of aromatic nitrogens is 2. The highest BCUT2D eigenvalue weighted by Gasteiger charge is 2.25. The van der Waals surface area contributed by atoms with Gasteiger partial charge in [-0.3, -0.25) is 9.52 Å². The average molecular weight is 371 g/mol. The van der Waals surface area contributed by atoms with Gasteiger partial charge in [-0.25, -0.2) is 17.8 Å². The number of hydrogen-bond acceptors (Lipinski definition) is 5. The predicted molar refractivity (Wildman–Crippen MR) is 98.8 cm³/mol. The summed E-state index contributed by atoms with van der Waals surface area (Å²) in [5, 5.41) is 0. The summed E-state index contributed by atoms with van der Waals surface area (Å²) in [6.07, 6.45) is 0. The van der Waals surface area contributed by atoms with Crippen molar-refractivity contribution in [2.75, 3.05) is 4.72 Å². The summed E-state index contributed by atoms with van der Waals surface area (Å²) >= 11 is 1.35. The lowest BCUT2D eigenvalue weighted by Crippen LogP contribution is -2.27. The molecule has 8 heteroatoms. The molecule has 2 heterocycles. The number of thiazole rings is 1. The first kappa shape index (κ1) is 15.8. The Bertz CT molecular complexity index is 1260. The monoisotopic (exact) mass is 371 g/mol. The zero-order valence-corrected chi connectivity index (χ0v) is 14.8. The quantitative estimate of drug-likeness (QED) is 0.600. The Balaban J connectivity index is 1.98. The molecule has 126 valence electrons. The molecule has 0 radical (unpaired) electrons. The van der Waals surface area contributed by atoms with E-state index in [1.165, 1.54) is 22.7 Å². The Hall–Kier alpha value is -2.71. The number of rotatable bonds is 3. The summed E-state index contributed by atoms with van der Waals surface area (Å²) in [7, 11) is -4.05. The van der Waals surface area contributed by atoms with Gasteiger partial charge in [-0.05, 0) is 31.2 Å². The standard InChI is InChI=1S/C17H13N3O3S2/c1-11-15(25(22,23)19-12-7-3-2-4-8-12)16(21)20-13-9-5-6-10-14(13)24-17(20)18-11/h2-10,19H,1H3. The molecule has 0 spiro atoms. The molecule has 0 unspecified atom stereocenters. The third-order valence-corrected chi connectivity index (χ3v) is 6.32. The van der Waals surface area contributed by atoms with Gasteiger partial charge in [0.2, 0.25) is 0 Å². The van der Waals surface area contributed by atoms with Crippen molar-refractivity contribution in [1.82, 2.24) is 9.38 Å². The zero-order valence-electron chi connectivity index (χ0n) is 13.1. The van der Waals surface area contributed by atoms with Gasteiger partial charge in [-0.15, -0.1) is 0 Å². The van der Waals surface area contributed by atoms with Gasteiger partial charge in [0.1, 0.15) is 0 Å². The molecule has 4 rings (SSSR count). The Morgan fingerprint density at radius 2 is 1.72 bits per heavy atom. The molecule has 0 aliphatic rings. The number of para-hydroxylation sites is 2. The molecule has 0 amide bonds. The normalized spacial score (nSPS) is 11.9. The first-order valence-electron chi connectivity index (χ1n) is 7.46. The highest BCUT2D eigenvalue weighted by molar-refractivity contribution is 7.92. The van der Waals surface area contributed by atoms with Crippen molar-refractivity contribution < 1.29 is 8.42 Å². The van der Waals surface area contributed by atoms with E-state index in [0.717, 1.165) is 4.70 Å². The van der Waals surface area contributed by atoms with Crippen LogP contribution in [-0.4, -0.2) is 17.8 Å². The second kappa shape index (κ2) is 5.68. The van der Waals surface area contributed by atoms with E-state index in [-0.39, 0.29) is 10.6 Å². The number of anilines is 1. The highest BCUT2D eigenvalue weighted by atomic mass is 32.2. The fraction of sp³-hybridized carbons (Fsp3) is 0.0588. The number of aryl methyl sites for hydroxylation is 1. The number of nitrogens with one attached hydrogen (secondary N) is 1. The molecule has 0 aliphatic heterocycles. The van der Waals surface area contributed by atoms with E-state index in [2.05, 4.69) is 9.71 Å². The molecular weight excluding hydrogens is 358 g/mol. The molecule has 0 saturated carbocycles. The van der Waals surface area contributed by atoms with Crippen LogP contribution in [0.4, 0.5) is 5.69 Å². The van der Waals surface area contributed by atoms with E-state index < -0.39 is 15.6 Å². The fourth-order valence-electron chi connectivity index (χ4n) is 2.72. The van der Waals surface area contributed by atoms with Crippen LogP contribution < -0.4 is 10.3 Å².